The maximum absolute atomic E-state index is 9.77. The van der Waals surface area contributed by atoms with Gasteiger partial charge in [-0.2, -0.15) is 0 Å². The van der Waals surface area contributed by atoms with E-state index in [4.69, 9.17) is 9.16 Å². The lowest BCUT2D eigenvalue weighted by atomic mass is 10.2. The summed E-state index contributed by atoms with van der Waals surface area (Å²) in [5, 5.41) is 9.98. The van der Waals surface area contributed by atoms with Crippen molar-refractivity contribution >= 4 is 8.32 Å². The smallest absolute Gasteiger partial charge is 0.192 e. The number of ether oxygens (including phenoxy) is 1. The van der Waals surface area contributed by atoms with E-state index in [2.05, 4.69) is 50.9 Å². The Morgan fingerprint density at radius 1 is 1.21 bits per heavy atom. The van der Waals surface area contributed by atoms with Crippen LogP contribution < -0.4 is 4.74 Å². The van der Waals surface area contributed by atoms with E-state index in [9.17, 15) is 5.11 Å². The highest BCUT2D eigenvalue weighted by Gasteiger charge is 2.42. The van der Waals surface area contributed by atoms with E-state index < -0.39 is 8.32 Å². The molecule has 0 saturated carbocycles. The Hall–Kier alpha value is -0.883. The molecule has 0 spiro atoms. The zero-order valence-corrected chi connectivity index (χ0v) is 17.0. The van der Waals surface area contributed by atoms with Gasteiger partial charge in [-0.25, -0.2) is 0 Å². The first-order valence-corrected chi connectivity index (χ1v) is 11.7. The molecule has 1 fully saturated rings. The third-order valence-corrected chi connectivity index (χ3v) is 10.0. The van der Waals surface area contributed by atoms with Gasteiger partial charge in [0, 0.05) is 19.1 Å². The van der Waals surface area contributed by atoms with Gasteiger partial charge in [-0.3, -0.25) is 4.90 Å². The van der Waals surface area contributed by atoms with Crippen molar-refractivity contribution in [1.29, 1.82) is 0 Å². The summed E-state index contributed by atoms with van der Waals surface area (Å²) in [6.45, 7) is 13.3. The Bertz CT molecular complexity index is 524. The SMILES string of the molecule is COc1ccc(CN2C[C@H](O[Si](C)(C)C(C)(C)C)CC2CO)cc1. The average Bonchev–Trinajstić information content (AvgIpc) is 2.87. The highest BCUT2D eigenvalue weighted by atomic mass is 28.4. The maximum Gasteiger partial charge on any atom is 0.192 e. The summed E-state index contributed by atoms with van der Waals surface area (Å²) in [5.74, 6) is 0.873. The van der Waals surface area contributed by atoms with Crippen LogP contribution in [0.5, 0.6) is 5.75 Å². The molecule has 0 bridgehead atoms. The van der Waals surface area contributed by atoms with Gasteiger partial charge < -0.3 is 14.3 Å². The molecule has 2 atom stereocenters. The highest BCUT2D eigenvalue weighted by molar-refractivity contribution is 6.74. The van der Waals surface area contributed by atoms with E-state index in [-0.39, 0.29) is 23.8 Å². The van der Waals surface area contributed by atoms with E-state index in [1.807, 2.05) is 12.1 Å². The topological polar surface area (TPSA) is 41.9 Å². The molecule has 5 heteroatoms. The maximum atomic E-state index is 9.77. The first-order valence-electron chi connectivity index (χ1n) is 8.82. The predicted octanol–water partition coefficient (Wildman–Crippen LogP) is 3.65. The molecule has 1 aliphatic heterocycles. The number of aliphatic hydroxyl groups excluding tert-OH is 1. The lowest BCUT2D eigenvalue weighted by Crippen LogP contribution is -2.44. The van der Waals surface area contributed by atoms with Crippen LogP contribution in [-0.2, 0) is 11.0 Å². The Labute approximate surface area is 147 Å². The van der Waals surface area contributed by atoms with Crippen LogP contribution in [0.2, 0.25) is 18.1 Å². The van der Waals surface area contributed by atoms with Crippen LogP contribution in [0.1, 0.15) is 32.8 Å². The fourth-order valence-corrected chi connectivity index (χ4v) is 4.32. The van der Waals surface area contributed by atoms with E-state index in [1.165, 1.54) is 5.56 Å². The molecule has 0 radical (unpaired) electrons. The number of rotatable bonds is 6. The van der Waals surface area contributed by atoms with Crippen molar-refractivity contribution in [3.63, 3.8) is 0 Å². The fraction of sp³-hybridized carbons (Fsp3) is 0.684. The van der Waals surface area contributed by atoms with Crippen molar-refractivity contribution in [2.45, 2.75) is 64.0 Å². The van der Waals surface area contributed by atoms with Crippen molar-refractivity contribution < 1.29 is 14.3 Å². The molecular formula is C19H33NO3Si. The zero-order chi connectivity index (χ0) is 18.0. The van der Waals surface area contributed by atoms with E-state index >= 15 is 0 Å². The Morgan fingerprint density at radius 2 is 1.83 bits per heavy atom. The monoisotopic (exact) mass is 351 g/mol. The molecule has 1 N–H and O–H groups in total. The lowest BCUT2D eigenvalue weighted by molar-refractivity contribution is 0.150. The quantitative estimate of drug-likeness (QED) is 0.794. The third-order valence-electron chi connectivity index (χ3n) is 5.51. The van der Waals surface area contributed by atoms with Crippen molar-refractivity contribution in [3.05, 3.63) is 29.8 Å². The van der Waals surface area contributed by atoms with Crippen molar-refractivity contribution in [2.75, 3.05) is 20.3 Å². The molecular weight excluding hydrogens is 318 g/mol. The Kier molecular flexibility index (Phi) is 6.12. The summed E-state index contributed by atoms with van der Waals surface area (Å²) >= 11 is 0. The Balaban J connectivity index is 2.01. The van der Waals surface area contributed by atoms with Gasteiger partial charge in [0.15, 0.2) is 8.32 Å². The minimum atomic E-state index is -1.77. The van der Waals surface area contributed by atoms with E-state index in [0.29, 0.717) is 0 Å². The van der Waals surface area contributed by atoms with Gasteiger partial charge in [-0.15, -0.1) is 0 Å². The van der Waals surface area contributed by atoms with Gasteiger partial charge in [0.05, 0.1) is 19.8 Å². The fourth-order valence-electron chi connectivity index (χ4n) is 2.97. The van der Waals surface area contributed by atoms with E-state index in [1.54, 1.807) is 7.11 Å². The molecule has 1 aliphatic rings. The normalized spacial score (nSPS) is 22.8. The van der Waals surface area contributed by atoms with Crippen LogP contribution in [0, 0.1) is 0 Å². The summed E-state index contributed by atoms with van der Waals surface area (Å²) in [6, 6.07) is 8.35. The molecule has 1 aromatic rings. The van der Waals surface area contributed by atoms with E-state index in [0.717, 1.165) is 25.3 Å². The van der Waals surface area contributed by atoms with Crippen molar-refractivity contribution in [2.24, 2.45) is 0 Å². The molecule has 0 aromatic heterocycles. The summed E-state index contributed by atoms with van der Waals surface area (Å²) < 4.78 is 11.8. The van der Waals surface area contributed by atoms with Crippen LogP contribution >= 0.6 is 0 Å². The number of likely N-dealkylation sites (tertiary alicyclic amines) is 1. The van der Waals surface area contributed by atoms with Crippen LogP contribution in [-0.4, -0.2) is 50.7 Å². The second-order valence-electron chi connectivity index (χ2n) is 8.35. The molecule has 1 saturated heterocycles. The first kappa shape index (κ1) is 19.4. The van der Waals surface area contributed by atoms with Crippen molar-refractivity contribution in [1.82, 2.24) is 4.90 Å². The van der Waals surface area contributed by atoms with Gasteiger partial charge in [0.2, 0.25) is 0 Å². The zero-order valence-electron chi connectivity index (χ0n) is 16.0. The minimum absolute atomic E-state index is 0.182. The second-order valence-corrected chi connectivity index (χ2v) is 13.1. The number of hydrogen-bond acceptors (Lipinski definition) is 4. The standard InChI is InChI=1S/C19H33NO3Si/c1-19(2,3)24(5,6)23-18-11-16(14-21)20(13-18)12-15-7-9-17(22-4)10-8-15/h7-10,16,18,21H,11-14H2,1-6H3/t16?,18-/m1/s1. The van der Waals surface area contributed by atoms with Gasteiger partial charge in [-0.05, 0) is 42.2 Å². The van der Waals surface area contributed by atoms with Crippen LogP contribution in [0.3, 0.4) is 0 Å². The number of hydrogen-bond donors (Lipinski definition) is 1. The molecule has 1 unspecified atom stereocenters. The number of nitrogens with zero attached hydrogens (tertiary/aromatic N) is 1. The van der Waals surface area contributed by atoms with Gasteiger partial charge in [0.25, 0.3) is 0 Å². The molecule has 4 nitrogen and oxygen atoms in total. The molecule has 1 aromatic carbocycles. The molecule has 1 heterocycles. The van der Waals surface area contributed by atoms with Crippen LogP contribution in [0.4, 0.5) is 0 Å². The van der Waals surface area contributed by atoms with Gasteiger partial charge in [0.1, 0.15) is 5.75 Å². The second kappa shape index (κ2) is 7.56. The molecule has 0 amide bonds. The summed E-state index contributed by atoms with van der Waals surface area (Å²) in [7, 11) is -0.0905. The largest absolute Gasteiger partial charge is 0.497 e. The third kappa shape index (κ3) is 4.60. The lowest BCUT2D eigenvalue weighted by Gasteiger charge is -2.38. The summed E-state index contributed by atoms with van der Waals surface area (Å²) in [5.41, 5.74) is 1.24. The molecule has 0 aliphatic carbocycles. The van der Waals surface area contributed by atoms with Crippen LogP contribution in [0.25, 0.3) is 0 Å². The van der Waals surface area contributed by atoms with Gasteiger partial charge in [-0.1, -0.05) is 32.9 Å². The van der Waals surface area contributed by atoms with Crippen LogP contribution in [0.15, 0.2) is 24.3 Å². The first-order chi connectivity index (χ1) is 11.2. The number of aliphatic hydroxyl groups is 1. The highest BCUT2D eigenvalue weighted by Crippen LogP contribution is 2.39. The Morgan fingerprint density at radius 3 is 2.33 bits per heavy atom. The molecule has 24 heavy (non-hydrogen) atoms. The number of benzene rings is 1. The minimum Gasteiger partial charge on any atom is -0.497 e. The summed E-state index contributed by atoms with van der Waals surface area (Å²) in [6.07, 6.45) is 1.14. The number of methoxy groups -OCH3 is 1. The van der Waals surface area contributed by atoms with Gasteiger partial charge >= 0.3 is 0 Å². The van der Waals surface area contributed by atoms with Crippen molar-refractivity contribution in [3.8, 4) is 5.75 Å². The molecule has 2 rings (SSSR count). The predicted molar refractivity (Wildman–Crippen MR) is 101 cm³/mol. The average molecular weight is 352 g/mol. The summed E-state index contributed by atoms with van der Waals surface area (Å²) in [4.78, 5) is 2.35. The molecule has 136 valence electrons.